The van der Waals surface area contributed by atoms with Crippen molar-refractivity contribution in [3.05, 3.63) is 0 Å². The van der Waals surface area contributed by atoms with Gasteiger partial charge in [-0.3, -0.25) is 4.79 Å². The third kappa shape index (κ3) is 1.89. The molecule has 2 unspecified atom stereocenters. The molecule has 0 amide bonds. The van der Waals surface area contributed by atoms with Crippen molar-refractivity contribution in [1.82, 2.24) is 9.03 Å². The molecule has 14 heavy (non-hydrogen) atoms. The molecule has 2 atom stereocenters. The molecular weight excluding hydrogens is 208 g/mol. The van der Waals surface area contributed by atoms with Crippen LogP contribution in [0.4, 0.5) is 0 Å². The number of hydrogen-bond donors (Lipinski definition) is 2. The van der Waals surface area contributed by atoms with E-state index >= 15 is 0 Å². The fourth-order valence-electron chi connectivity index (χ4n) is 1.70. The lowest BCUT2D eigenvalue weighted by Gasteiger charge is -2.21. The van der Waals surface area contributed by atoms with Crippen LogP contribution in [0.15, 0.2) is 0 Å². The summed E-state index contributed by atoms with van der Waals surface area (Å²) >= 11 is 0. The number of carbonyl (C=O) groups is 1. The van der Waals surface area contributed by atoms with Gasteiger partial charge in [0, 0.05) is 19.6 Å². The second-order valence-electron chi connectivity index (χ2n) is 3.29. The molecule has 6 nitrogen and oxygen atoms in total. The molecular formula is C7H14N2O4S. The van der Waals surface area contributed by atoms with Crippen LogP contribution in [0, 0.1) is 5.92 Å². The Balaban J connectivity index is 2.84. The lowest BCUT2D eigenvalue weighted by Crippen LogP contribution is -2.43. The first kappa shape index (κ1) is 11.4. The van der Waals surface area contributed by atoms with Crippen LogP contribution in [0.25, 0.3) is 0 Å². The van der Waals surface area contributed by atoms with Gasteiger partial charge in [0.1, 0.15) is 0 Å². The van der Waals surface area contributed by atoms with Crippen molar-refractivity contribution in [2.75, 3.05) is 13.6 Å². The van der Waals surface area contributed by atoms with Crippen LogP contribution in [0.3, 0.4) is 0 Å². The molecule has 0 saturated carbocycles. The van der Waals surface area contributed by atoms with Gasteiger partial charge in [0.15, 0.2) is 0 Å². The highest BCUT2D eigenvalue weighted by Crippen LogP contribution is 2.26. The molecule has 0 spiro atoms. The van der Waals surface area contributed by atoms with Gasteiger partial charge in [0.25, 0.3) is 10.2 Å². The summed E-state index contributed by atoms with van der Waals surface area (Å²) in [5, 5.41) is 8.80. The molecule has 0 aromatic heterocycles. The van der Waals surface area contributed by atoms with E-state index in [2.05, 4.69) is 4.72 Å². The summed E-state index contributed by atoms with van der Waals surface area (Å²) < 4.78 is 26.2. The zero-order chi connectivity index (χ0) is 10.9. The standard InChI is InChI=1S/C7H14N2O4S/c1-5-6(7(10)11)3-4-9(5)14(12,13)8-2/h5-6,8H,3-4H2,1-2H3,(H,10,11). The van der Waals surface area contributed by atoms with Crippen molar-refractivity contribution in [2.24, 2.45) is 5.92 Å². The molecule has 82 valence electrons. The number of hydrogen-bond acceptors (Lipinski definition) is 3. The first-order valence-electron chi connectivity index (χ1n) is 4.33. The summed E-state index contributed by atoms with van der Waals surface area (Å²) in [7, 11) is -2.18. The molecule has 1 rings (SSSR count). The monoisotopic (exact) mass is 222 g/mol. The van der Waals surface area contributed by atoms with Crippen LogP contribution in [0.1, 0.15) is 13.3 Å². The van der Waals surface area contributed by atoms with E-state index in [4.69, 9.17) is 5.11 Å². The Hall–Kier alpha value is -0.660. The molecule has 0 aliphatic carbocycles. The number of nitrogens with zero attached hydrogens (tertiary/aromatic N) is 1. The van der Waals surface area contributed by atoms with Crippen molar-refractivity contribution in [1.29, 1.82) is 0 Å². The van der Waals surface area contributed by atoms with Gasteiger partial charge in [0.2, 0.25) is 0 Å². The Morgan fingerprint density at radius 2 is 2.14 bits per heavy atom. The number of aliphatic carboxylic acids is 1. The van der Waals surface area contributed by atoms with Gasteiger partial charge < -0.3 is 5.11 Å². The molecule has 1 aliphatic heterocycles. The number of carboxylic acids is 1. The molecule has 7 heteroatoms. The summed E-state index contributed by atoms with van der Waals surface area (Å²) in [6, 6.07) is -0.482. The van der Waals surface area contributed by atoms with Gasteiger partial charge in [-0.15, -0.1) is 0 Å². The number of nitrogens with one attached hydrogen (secondary N) is 1. The van der Waals surface area contributed by atoms with Crippen molar-refractivity contribution >= 4 is 16.2 Å². The van der Waals surface area contributed by atoms with Crippen LogP contribution >= 0.6 is 0 Å². The number of carboxylic acid groups (broad SMARTS) is 1. The largest absolute Gasteiger partial charge is 0.481 e. The maximum Gasteiger partial charge on any atom is 0.308 e. The minimum Gasteiger partial charge on any atom is -0.481 e. The second kappa shape index (κ2) is 3.84. The summed E-state index contributed by atoms with van der Waals surface area (Å²) in [6.45, 7) is 1.88. The highest BCUT2D eigenvalue weighted by atomic mass is 32.2. The first-order chi connectivity index (χ1) is 6.40. The van der Waals surface area contributed by atoms with Gasteiger partial charge in [-0.05, 0) is 13.3 Å². The highest BCUT2D eigenvalue weighted by Gasteiger charge is 2.40. The Kier molecular flexibility index (Phi) is 3.13. The van der Waals surface area contributed by atoms with Gasteiger partial charge in [-0.25, -0.2) is 4.72 Å². The van der Waals surface area contributed by atoms with E-state index in [1.54, 1.807) is 6.92 Å². The van der Waals surface area contributed by atoms with Crippen LogP contribution in [-0.4, -0.2) is 43.4 Å². The van der Waals surface area contributed by atoms with Gasteiger partial charge in [-0.2, -0.15) is 12.7 Å². The normalized spacial score (nSPS) is 29.3. The van der Waals surface area contributed by atoms with Crippen LogP contribution in [0.2, 0.25) is 0 Å². The van der Waals surface area contributed by atoms with E-state index in [-0.39, 0.29) is 6.54 Å². The number of rotatable bonds is 3. The van der Waals surface area contributed by atoms with Crippen LogP contribution in [0.5, 0.6) is 0 Å². The molecule has 1 heterocycles. The summed E-state index contributed by atoms with van der Waals surface area (Å²) in [5.41, 5.74) is 0. The minimum atomic E-state index is -3.49. The average molecular weight is 222 g/mol. The molecule has 0 aromatic rings. The summed E-state index contributed by atoms with van der Waals surface area (Å²) in [5.74, 6) is -1.54. The fourth-order valence-corrected chi connectivity index (χ4v) is 2.86. The predicted octanol–water partition coefficient (Wildman–Crippen LogP) is -0.754. The van der Waals surface area contributed by atoms with Gasteiger partial charge >= 0.3 is 5.97 Å². The summed E-state index contributed by atoms with van der Waals surface area (Å²) in [6.07, 6.45) is 0.372. The molecule has 0 radical (unpaired) electrons. The zero-order valence-electron chi connectivity index (χ0n) is 8.10. The van der Waals surface area contributed by atoms with Gasteiger partial charge in [0.05, 0.1) is 5.92 Å². The van der Waals surface area contributed by atoms with Crippen LogP contribution < -0.4 is 4.72 Å². The topological polar surface area (TPSA) is 86.7 Å². The lowest BCUT2D eigenvalue weighted by atomic mass is 10.0. The lowest BCUT2D eigenvalue weighted by molar-refractivity contribution is -0.142. The quantitative estimate of drug-likeness (QED) is 0.657. The van der Waals surface area contributed by atoms with E-state index in [1.807, 2.05) is 0 Å². The molecule has 1 fully saturated rings. The highest BCUT2D eigenvalue weighted by molar-refractivity contribution is 7.87. The Labute approximate surface area is 83.1 Å². The smallest absolute Gasteiger partial charge is 0.308 e. The Morgan fingerprint density at radius 1 is 1.57 bits per heavy atom. The Morgan fingerprint density at radius 3 is 2.50 bits per heavy atom. The predicted molar refractivity (Wildman–Crippen MR) is 49.9 cm³/mol. The van der Waals surface area contributed by atoms with E-state index in [1.165, 1.54) is 11.4 Å². The van der Waals surface area contributed by atoms with Crippen molar-refractivity contribution in [3.63, 3.8) is 0 Å². The SMILES string of the molecule is CNS(=O)(=O)N1CCC(C(=O)O)C1C. The second-order valence-corrected chi connectivity index (χ2v) is 5.12. The first-order valence-corrected chi connectivity index (χ1v) is 5.77. The van der Waals surface area contributed by atoms with Crippen LogP contribution in [-0.2, 0) is 15.0 Å². The molecule has 1 saturated heterocycles. The maximum absolute atomic E-state index is 11.4. The minimum absolute atomic E-state index is 0.265. The van der Waals surface area contributed by atoms with Crippen molar-refractivity contribution in [2.45, 2.75) is 19.4 Å². The van der Waals surface area contributed by atoms with Crippen molar-refractivity contribution in [3.8, 4) is 0 Å². The van der Waals surface area contributed by atoms with Gasteiger partial charge in [-0.1, -0.05) is 0 Å². The Bertz CT molecular complexity index is 327. The van der Waals surface area contributed by atoms with E-state index < -0.39 is 28.1 Å². The zero-order valence-corrected chi connectivity index (χ0v) is 8.91. The third-order valence-electron chi connectivity index (χ3n) is 2.58. The molecule has 0 aromatic carbocycles. The average Bonchev–Trinajstić information content (AvgIpc) is 2.47. The van der Waals surface area contributed by atoms with E-state index in [0.717, 1.165) is 0 Å². The fraction of sp³-hybridized carbons (Fsp3) is 0.857. The van der Waals surface area contributed by atoms with E-state index in [9.17, 15) is 13.2 Å². The molecule has 1 aliphatic rings. The maximum atomic E-state index is 11.4. The molecule has 0 bridgehead atoms. The summed E-state index contributed by atoms with van der Waals surface area (Å²) in [4.78, 5) is 10.7. The van der Waals surface area contributed by atoms with E-state index in [0.29, 0.717) is 6.42 Å². The third-order valence-corrected chi connectivity index (χ3v) is 4.23. The molecule has 2 N–H and O–H groups in total. The van der Waals surface area contributed by atoms with Crippen molar-refractivity contribution < 1.29 is 18.3 Å².